The molecule has 184 valence electrons. The molecular weight excluding hydrogens is 444 g/mol. The van der Waals surface area contributed by atoms with E-state index in [-0.39, 0.29) is 18.1 Å². The van der Waals surface area contributed by atoms with Crippen molar-refractivity contribution in [1.82, 2.24) is 20.1 Å². The molecule has 0 spiro atoms. The average molecular weight is 477 g/mol. The number of fused-ring (bicyclic) bond motifs is 1. The lowest BCUT2D eigenvalue weighted by molar-refractivity contribution is 0.0107. The van der Waals surface area contributed by atoms with Crippen LogP contribution in [0.2, 0.25) is 0 Å². The van der Waals surface area contributed by atoms with Crippen molar-refractivity contribution in [3.05, 3.63) is 47.8 Å². The molecule has 1 amide bonds. The maximum atomic E-state index is 13.2. The molecule has 2 aromatic heterocycles. The van der Waals surface area contributed by atoms with Gasteiger partial charge in [0, 0.05) is 36.3 Å². The number of amidine groups is 1. The van der Waals surface area contributed by atoms with E-state index >= 15 is 0 Å². The van der Waals surface area contributed by atoms with Crippen LogP contribution in [-0.2, 0) is 4.84 Å². The van der Waals surface area contributed by atoms with Crippen LogP contribution in [0.3, 0.4) is 0 Å². The number of hydroxylamine groups is 1. The Morgan fingerprint density at radius 2 is 2.03 bits per heavy atom. The van der Waals surface area contributed by atoms with E-state index in [1.54, 1.807) is 10.7 Å². The first-order chi connectivity index (χ1) is 17.0. The van der Waals surface area contributed by atoms with E-state index < -0.39 is 0 Å². The summed E-state index contributed by atoms with van der Waals surface area (Å²) in [6.45, 7) is 4.10. The number of nitrogens with zero attached hydrogens (tertiary/aromatic N) is 4. The molecule has 1 atom stereocenters. The summed E-state index contributed by atoms with van der Waals surface area (Å²) in [4.78, 5) is 27.8. The molecule has 1 aliphatic carbocycles. The summed E-state index contributed by atoms with van der Waals surface area (Å²) in [5, 5.41) is 14.4. The van der Waals surface area contributed by atoms with Crippen LogP contribution in [0.1, 0.15) is 62.0 Å². The van der Waals surface area contributed by atoms with Crippen molar-refractivity contribution in [3.63, 3.8) is 0 Å². The number of carbonyl (C=O) groups is 1. The normalized spacial score (nSPS) is 18.4. The highest BCUT2D eigenvalue weighted by Crippen LogP contribution is 2.25. The Bertz CT molecular complexity index is 1250. The zero-order valence-corrected chi connectivity index (χ0v) is 20.3. The number of hydrogen-bond donors (Lipinski definition) is 4. The number of amides is 1. The second-order valence-corrected chi connectivity index (χ2v) is 9.42. The fourth-order valence-electron chi connectivity index (χ4n) is 4.49. The molecule has 1 aromatic carbocycles. The predicted molar refractivity (Wildman–Crippen MR) is 137 cm³/mol. The first kappa shape index (κ1) is 23.1. The summed E-state index contributed by atoms with van der Waals surface area (Å²) in [5.41, 5.74) is 6.13. The van der Waals surface area contributed by atoms with Gasteiger partial charge in [0.25, 0.3) is 5.91 Å². The van der Waals surface area contributed by atoms with Crippen molar-refractivity contribution in [3.8, 4) is 0 Å². The van der Waals surface area contributed by atoms with Gasteiger partial charge in [0.2, 0.25) is 0 Å². The maximum absolute atomic E-state index is 13.2. The molecule has 0 bridgehead atoms. The van der Waals surface area contributed by atoms with E-state index in [0.29, 0.717) is 28.9 Å². The van der Waals surface area contributed by atoms with Crippen LogP contribution in [0.25, 0.3) is 5.65 Å². The molecule has 1 saturated carbocycles. The third-order valence-electron chi connectivity index (χ3n) is 6.42. The molecule has 0 radical (unpaired) electrons. The van der Waals surface area contributed by atoms with Crippen LogP contribution < -0.4 is 21.4 Å². The van der Waals surface area contributed by atoms with Crippen LogP contribution in [0.5, 0.6) is 0 Å². The number of imidazole rings is 1. The molecule has 35 heavy (non-hydrogen) atoms. The van der Waals surface area contributed by atoms with Gasteiger partial charge in [-0.15, -0.1) is 5.10 Å². The van der Waals surface area contributed by atoms with Gasteiger partial charge in [0.05, 0.1) is 11.9 Å². The molecule has 1 fully saturated rings. The van der Waals surface area contributed by atoms with Gasteiger partial charge in [-0.1, -0.05) is 45.2 Å². The third kappa shape index (κ3) is 4.93. The number of rotatable bonds is 7. The Morgan fingerprint density at radius 1 is 1.20 bits per heavy atom. The first-order valence-electron chi connectivity index (χ1n) is 12.3. The highest BCUT2D eigenvalue weighted by molar-refractivity contribution is 6.05. The van der Waals surface area contributed by atoms with Crippen molar-refractivity contribution in [1.29, 1.82) is 0 Å². The van der Waals surface area contributed by atoms with Crippen LogP contribution in [-0.4, -0.2) is 45.7 Å². The maximum Gasteiger partial charge on any atom is 0.276 e. The van der Waals surface area contributed by atoms with Gasteiger partial charge in [-0.25, -0.2) is 24.8 Å². The van der Waals surface area contributed by atoms with Gasteiger partial charge in [0.15, 0.2) is 23.4 Å². The summed E-state index contributed by atoms with van der Waals surface area (Å²) in [5.74, 6) is 1.34. The molecule has 10 nitrogen and oxygen atoms in total. The van der Waals surface area contributed by atoms with Crippen LogP contribution in [0.4, 0.5) is 17.2 Å². The molecular formula is C25H32N8O2. The van der Waals surface area contributed by atoms with E-state index in [4.69, 9.17) is 9.94 Å². The first-order valence-corrected chi connectivity index (χ1v) is 12.3. The number of nitrogens with one attached hydrogen (secondary N) is 4. The molecule has 1 unspecified atom stereocenters. The predicted octanol–water partition coefficient (Wildman–Crippen LogP) is 4.03. The molecule has 1 aliphatic heterocycles. The number of aliphatic imine (C=N–C) groups is 1. The van der Waals surface area contributed by atoms with E-state index in [1.807, 2.05) is 37.4 Å². The second kappa shape index (κ2) is 9.91. The summed E-state index contributed by atoms with van der Waals surface area (Å²) in [7, 11) is 1.84. The molecule has 2 aliphatic rings. The number of benzene rings is 1. The molecule has 3 heterocycles. The minimum Gasteiger partial charge on any atom is -0.385 e. The third-order valence-corrected chi connectivity index (χ3v) is 6.42. The standard InChI is InChI=1S/C25H32N8O2/c1-15(2)25-30-22(32-35-25)16-8-7-11-18(12-16)29-24(34)20-14-27-23-19(26-3)13-21(31-33(20)23)28-17-9-5-4-6-10-17/h7-8,11-15,17,25-26H,4-6,9-10H2,1-3H3,(H,28,31)(H,29,34)(H,30,32). The molecule has 5 rings (SSSR count). The highest BCUT2D eigenvalue weighted by Gasteiger charge is 2.23. The van der Waals surface area contributed by atoms with E-state index in [9.17, 15) is 4.79 Å². The largest absolute Gasteiger partial charge is 0.385 e. The van der Waals surface area contributed by atoms with Crippen molar-refractivity contribution in [2.24, 2.45) is 10.9 Å². The Hall–Kier alpha value is -3.66. The number of anilines is 3. The van der Waals surface area contributed by atoms with Gasteiger partial charge in [-0.3, -0.25) is 4.79 Å². The summed E-state index contributed by atoms with van der Waals surface area (Å²) < 4.78 is 1.60. The van der Waals surface area contributed by atoms with Crippen LogP contribution >= 0.6 is 0 Å². The molecule has 10 heteroatoms. The zero-order chi connectivity index (χ0) is 24.4. The van der Waals surface area contributed by atoms with Crippen molar-refractivity contribution in [2.75, 3.05) is 23.0 Å². The lowest BCUT2D eigenvalue weighted by Gasteiger charge is -2.23. The minimum atomic E-state index is -0.295. The van der Waals surface area contributed by atoms with E-state index in [0.717, 1.165) is 29.9 Å². The average Bonchev–Trinajstić information content (AvgIpc) is 3.52. The Labute approximate surface area is 204 Å². The lowest BCUT2D eigenvalue weighted by atomic mass is 9.95. The summed E-state index contributed by atoms with van der Waals surface area (Å²) >= 11 is 0. The topological polar surface area (TPSA) is 117 Å². The number of aromatic nitrogens is 3. The zero-order valence-electron chi connectivity index (χ0n) is 20.3. The Kier molecular flexibility index (Phi) is 6.54. The monoisotopic (exact) mass is 476 g/mol. The SMILES string of the molecule is CNc1cc(NC2CCCCC2)nn2c(C(=O)Nc3cccc(C4=NC(C(C)C)ON4)c3)cnc12. The van der Waals surface area contributed by atoms with Crippen molar-refractivity contribution < 1.29 is 9.63 Å². The number of hydrogen-bond acceptors (Lipinski definition) is 8. The Balaban J connectivity index is 1.38. The van der Waals surface area contributed by atoms with Gasteiger partial charge in [-0.2, -0.15) is 0 Å². The van der Waals surface area contributed by atoms with Gasteiger partial charge in [0.1, 0.15) is 5.82 Å². The lowest BCUT2D eigenvalue weighted by Crippen LogP contribution is -2.24. The molecule has 3 aromatic rings. The van der Waals surface area contributed by atoms with Crippen LogP contribution in [0.15, 0.2) is 41.5 Å². The Morgan fingerprint density at radius 3 is 2.77 bits per heavy atom. The quantitative estimate of drug-likeness (QED) is 0.407. The van der Waals surface area contributed by atoms with E-state index in [1.165, 1.54) is 19.3 Å². The number of carbonyl (C=O) groups excluding carboxylic acids is 1. The second-order valence-electron chi connectivity index (χ2n) is 9.42. The fraction of sp³-hybridized carbons (Fsp3) is 0.440. The summed E-state index contributed by atoms with van der Waals surface area (Å²) in [6.07, 6.45) is 7.32. The van der Waals surface area contributed by atoms with E-state index in [2.05, 4.69) is 45.3 Å². The van der Waals surface area contributed by atoms with Gasteiger partial charge < -0.3 is 16.0 Å². The minimum absolute atomic E-state index is 0.231. The van der Waals surface area contributed by atoms with Crippen molar-refractivity contribution in [2.45, 2.75) is 58.2 Å². The summed E-state index contributed by atoms with van der Waals surface area (Å²) in [6, 6.07) is 9.84. The van der Waals surface area contributed by atoms with Gasteiger partial charge in [-0.05, 0) is 25.0 Å². The molecule has 4 N–H and O–H groups in total. The highest BCUT2D eigenvalue weighted by atomic mass is 16.7. The fourth-order valence-corrected chi connectivity index (χ4v) is 4.49. The van der Waals surface area contributed by atoms with Gasteiger partial charge >= 0.3 is 0 Å². The smallest absolute Gasteiger partial charge is 0.276 e. The molecule has 0 saturated heterocycles. The van der Waals surface area contributed by atoms with Crippen LogP contribution in [0, 0.1) is 5.92 Å². The van der Waals surface area contributed by atoms with Crippen molar-refractivity contribution >= 4 is 34.6 Å².